The Balaban J connectivity index is 0.000000255. The number of nitriles is 2. The van der Waals surface area contributed by atoms with Gasteiger partial charge < -0.3 is 28.4 Å². The summed E-state index contributed by atoms with van der Waals surface area (Å²) in [6.07, 6.45) is 2.16. The number of benzene rings is 5. The molecule has 0 aliphatic heterocycles. The third-order valence-electron chi connectivity index (χ3n) is 7.31. The maximum Gasteiger partial charge on any atom is 0.343 e. The molecule has 0 atom stereocenters. The highest BCUT2D eigenvalue weighted by molar-refractivity contribution is 5.92. The Morgan fingerprint density at radius 1 is 0.464 bits per heavy atom. The molecule has 5 aromatic rings. The minimum Gasteiger partial charge on any atom is -0.490 e. The molecule has 12 nitrogen and oxygen atoms in total. The zero-order valence-electron chi connectivity index (χ0n) is 29.9. The van der Waals surface area contributed by atoms with E-state index in [-0.39, 0.29) is 26.4 Å². The van der Waals surface area contributed by atoms with Crippen LogP contribution in [-0.4, -0.2) is 50.3 Å². The summed E-state index contributed by atoms with van der Waals surface area (Å²) in [5.41, 5.74) is 3.73. The minimum atomic E-state index is -0.517. The van der Waals surface area contributed by atoms with Crippen LogP contribution in [0.2, 0.25) is 0 Å². The zero-order chi connectivity index (χ0) is 40.1. The molecule has 280 valence electrons. The van der Waals surface area contributed by atoms with Crippen molar-refractivity contribution in [3.63, 3.8) is 0 Å². The van der Waals surface area contributed by atoms with Gasteiger partial charge in [0.2, 0.25) is 0 Å². The fourth-order valence-electron chi connectivity index (χ4n) is 4.48. The second kappa shape index (κ2) is 21.5. The van der Waals surface area contributed by atoms with E-state index in [0.717, 1.165) is 23.3 Å². The number of hydrogen-bond donors (Lipinski definition) is 0. The molecular formula is C44H34N2O10. The first-order chi connectivity index (χ1) is 27.2. The minimum absolute atomic E-state index is 0.104. The molecule has 0 fully saturated rings. The summed E-state index contributed by atoms with van der Waals surface area (Å²) in [7, 11) is 0. The van der Waals surface area contributed by atoms with Crippen LogP contribution in [0.3, 0.4) is 0 Å². The first kappa shape index (κ1) is 40.8. The molecule has 0 amide bonds. The average molecular weight is 751 g/mol. The fourth-order valence-corrected chi connectivity index (χ4v) is 4.48. The fraction of sp³-hybridized carbons (Fsp3) is 0.0909. The van der Waals surface area contributed by atoms with Crippen molar-refractivity contribution in [1.82, 2.24) is 0 Å². The van der Waals surface area contributed by atoms with Gasteiger partial charge in [-0.1, -0.05) is 37.4 Å². The van der Waals surface area contributed by atoms with Crippen molar-refractivity contribution in [3.05, 3.63) is 169 Å². The predicted octanol–water partition coefficient (Wildman–Crippen LogP) is 7.44. The van der Waals surface area contributed by atoms with Crippen molar-refractivity contribution in [3.8, 4) is 46.3 Å². The SMILES string of the molecule is C=CC(=O)OCCOc1ccc(C(=O)Oc2ccc(-c3ccc(C#N)cc3)cc2)cc1.C=CC(=O)OCCOc1ccc(C(=O)Oc2ccc(C#N)cc2)cc1. The predicted molar refractivity (Wildman–Crippen MR) is 204 cm³/mol. The number of carbonyl (C=O) groups excluding carboxylic acids is 4. The van der Waals surface area contributed by atoms with Crippen molar-refractivity contribution in [2.45, 2.75) is 0 Å². The molecule has 0 saturated carbocycles. The van der Waals surface area contributed by atoms with Gasteiger partial charge in [0.1, 0.15) is 49.4 Å². The molecule has 12 heteroatoms. The van der Waals surface area contributed by atoms with Crippen LogP contribution >= 0.6 is 0 Å². The zero-order valence-corrected chi connectivity index (χ0v) is 29.9. The molecule has 0 aromatic heterocycles. The molecule has 5 aromatic carbocycles. The average Bonchev–Trinajstić information content (AvgIpc) is 3.25. The van der Waals surface area contributed by atoms with Crippen LogP contribution in [0.25, 0.3) is 11.1 Å². The van der Waals surface area contributed by atoms with Crippen molar-refractivity contribution < 1.29 is 47.6 Å². The van der Waals surface area contributed by atoms with Gasteiger partial charge in [-0.15, -0.1) is 0 Å². The van der Waals surface area contributed by atoms with Crippen molar-refractivity contribution in [2.75, 3.05) is 26.4 Å². The molecule has 0 heterocycles. The summed E-state index contributed by atoms with van der Waals surface area (Å²) < 4.78 is 31.1. The van der Waals surface area contributed by atoms with E-state index in [1.807, 2.05) is 30.3 Å². The van der Waals surface area contributed by atoms with Gasteiger partial charge in [0.25, 0.3) is 0 Å². The Labute approximate surface area is 323 Å². The number of carbonyl (C=O) groups is 4. The van der Waals surface area contributed by atoms with Crippen molar-refractivity contribution in [2.24, 2.45) is 0 Å². The van der Waals surface area contributed by atoms with Gasteiger partial charge in [-0.05, 0) is 108 Å². The normalized spacial score (nSPS) is 9.75. The molecule has 0 aliphatic carbocycles. The highest BCUT2D eigenvalue weighted by Gasteiger charge is 2.11. The summed E-state index contributed by atoms with van der Waals surface area (Å²) in [6.45, 7) is 7.18. The largest absolute Gasteiger partial charge is 0.490 e. The lowest BCUT2D eigenvalue weighted by molar-refractivity contribution is -0.139. The molecular weight excluding hydrogens is 716 g/mol. The van der Waals surface area contributed by atoms with E-state index < -0.39 is 23.9 Å². The van der Waals surface area contributed by atoms with E-state index in [2.05, 4.69) is 19.2 Å². The van der Waals surface area contributed by atoms with Gasteiger partial charge in [0.05, 0.1) is 34.4 Å². The second-order valence-corrected chi connectivity index (χ2v) is 11.1. The topological polar surface area (TPSA) is 171 Å². The molecule has 0 unspecified atom stereocenters. The first-order valence-electron chi connectivity index (χ1n) is 16.8. The molecule has 56 heavy (non-hydrogen) atoms. The Hall–Kier alpha value is -7.96. The van der Waals surface area contributed by atoms with Crippen LogP contribution in [0, 0.1) is 22.7 Å². The van der Waals surface area contributed by atoms with E-state index in [0.29, 0.717) is 45.3 Å². The van der Waals surface area contributed by atoms with Crippen LogP contribution in [0.5, 0.6) is 23.0 Å². The summed E-state index contributed by atoms with van der Waals surface area (Å²) in [5.74, 6) is -0.174. The Morgan fingerprint density at radius 2 is 0.786 bits per heavy atom. The Morgan fingerprint density at radius 3 is 1.14 bits per heavy atom. The van der Waals surface area contributed by atoms with Crippen molar-refractivity contribution >= 4 is 23.9 Å². The van der Waals surface area contributed by atoms with E-state index in [9.17, 15) is 19.2 Å². The lowest BCUT2D eigenvalue weighted by Gasteiger charge is -2.08. The molecule has 5 rings (SSSR count). The standard InChI is InChI=1S/C25H19NO5.C19H15NO5/c1-2-24(27)30-16-15-29-22-11-9-21(10-12-22)25(28)31-23-13-7-20(8-14-23)19-5-3-18(17-26)4-6-19;1-2-18(21)24-12-11-23-16-9-5-15(6-10-16)19(22)25-17-7-3-14(13-20)4-8-17/h2-14H,1,15-16H2;2-10H,1,11-12H2. The van der Waals surface area contributed by atoms with Crippen LogP contribution < -0.4 is 18.9 Å². The Bertz CT molecular complexity index is 2200. The van der Waals surface area contributed by atoms with Gasteiger partial charge in [0.15, 0.2) is 0 Å². The van der Waals surface area contributed by atoms with Crippen LogP contribution in [0.1, 0.15) is 31.8 Å². The number of nitrogens with zero attached hydrogens (tertiary/aromatic N) is 2. The van der Waals surface area contributed by atoms with Gasteiger partial charge in [0, 0.05) is 12.2 Å². The highest BCUT2D eigenvalue weighted by atomic mass is 16.6. The van der Waals surface area contributed by atoms with Crippen LogP contribution in [-0.2, 0) is 19.1 Å². The molecule has 0 saturated heterocycles. The molecule has 0 spiro atoms. The first-order valence-corrected chi connectivity index (χ1v) is 16.8. The quantitative estimate of drug-likeness (QED) is 0.0449. The summed E-state index contributed by atoms with van der Waals surface area (Å²) >= 11 is 0. The highest BCUT2D eigenvalue weighted by Crippen LogP contribution is 2.24. The summed E-state index contributed by atoms with van der Waals surface area (Å²) in [4.78, 5) is 46.2. The third-order valence-corrected chi connectivity index (χ3v) is 7.31. The molecule has 0 bridgehead atoms. The molecule has 0 N–H and O–H groups in total. The van der Waals surface area contributed by atoms with Gasteiger partial charge in [-0.25, -0.2) is 19.2 Å². The van der Waals surface area contributed by atoms with Gasteiger partial charge in [-0.3, -0.25) is 0 Å². The number of ether oxygens (including phenoxy) is 6. The lowest BCUT2D eigenvalue weighted by atomic mass is 10.0. The third kappa shape index (κ3) is 13.2. The van der Waals surface area contributed by atoms with Crippen LogP contribution in [0.4, 0.5) is 0 Å². The monoisotopic (exact) mass is 750 g/mol. The second-order valence-electron chi connectivity index (χ2n) is 11.1. The number of esters is 4. The van der Waals surface area contributed by atoms with Crippen molar-refractivity contribution in [1.29, 1.82) is 10.5 Å². The molecule has 0 aliphatic rings. The van der Waals surface area contributed by atoms with Gasteiger partial charge in [-0.2, -0.15) is 10.5 Å². The molecule has 0 radical (unpaired) electrons. The van der Waals surface area contributed by atoms with E-state index in [4.69, 9.17) is 38.9 Å². The van der Waals surface area contributed by atoms with E-state index >= 15 is 0 Å². The lowest BCUT2D eigenvalue weighted by Crippen LogP contribution is -2.11. The van der Waals surface area contributed by atoms with E-state index in [1.165, 1.54) is 0 Å². The smallest absolute Gasteiger partial charge is 0.343 e. The van der Waals surface area contributed by atoms with Crippen LogP contribution in [0.15, 0.2) is 147 Å². The summed E-state index contributed by atoms with van der Waals surface area (Å²) in [6, 6.07) is 37.5. The van der Waals surface area contributed by atoms with Gasteiger partial charge >= 0.3 is 23.9 Å². The van der Waals surface area contributed by atoms with E-state index in [1.54, 1.807) is 97.1 Å². The number of rotatable bonds is 15. The Kier molecular flexibility index (Phi) is 15.7. The maximum atomic E-state index is 12.4. The summed E-state index contributed by atoms with van der Waals surface area (Å²) in [5, 5.41) is 17.6. The maximum absolute atomic E-state index is 12.4. The number of hydrogen-bond acceptors (Lipinski definition) is 12.